The van der Waals surface area contributed by atoms with Crippen LogP contribution in [0, 0.1) is 35.5 Å². The van der Waals surface area contributed by atoms with Crippen molar-refractivity contribution in [3.63, 3.8) is 0 Å². The summed E-state index contributed by atoms with van der Waals surface area (Å²) in [6.45, 7) is 0. The first kappa shape index (κ1) is 15.8. The lowest BCUT2D eigenvalue weighted by molar-refractivity contribution is -0.00286. The van der Waals surface area contributed by atoms with Gasteiger partial charge in [0.15, 0.2) is 0 Å². The third-order valence-electron chi connectivity index (χ3n) is 8.65. The van der Waals surface area contributed by atoms with Gasteiger partial charge in [-0.3, -0.25) is 0 Å². The van der Waals surface area contributed by atoms with Crippen LogP contribution in [0.2, 0.25) is 0 Å². The average Bonchev–Trinajstić information content (AvgIpc) is 2.55. The van der Waals surface area contributed by atoms with Crippen LogP contribution in [-0.2, 0) is 0 Å². The molecule has 6 heteroatoms. The minimum atomic E-state index is 0.0742. The van der Waals surface area contributed by atoms with E-state index >= 15 is 0 Å². The maximum atomic E-state index is 4.64. The molecule has 0 aromatic carbocycles. The van der Waals surface area contributed by atoms with Crippen molar-refractivity contribution < 1.29 is 0 Å². The Bertz CT molecular complexity index is 539. The van der Waals surface area contributed by atoms with E-state index in [1.54, 1.807) is 0 Å². The molecule has 0 aromatic heterocycles. The van der Waals surface area contributed by atoms with Gasteiger partial charge in [0.1, 0.15) is 0 Å². The van der Waals surface area contributed by atoms with Crippen LogP contribution >= 0.6 is 0 Å². The van der Waals surface area contributed by atoms with E-state index < -0.39 is 0 Å². The standard InChI is InChI=1S/C20H30N6/c1-13-2-15-3-14(1)8-19(7-13,9-15)21-23-25-26-24-22-20-10-16-4-17(11-20)6-18(5-16)12-20/h13-18H,1-12H2/b23-21?,24-22?,26-25+. The number of hydrogen-bond acceptors (Lipinski definition) is 2. The monoisotopic (exact) mass is 354 g/mol. The molecule has 8 rings (SSSR count). The molecule has 140 valence electrons. The molecule has 0 spiro atoms. The smallest absolute Gasteiger partial charge is 0.0846 e. The van der Waals surface area contributed by atoms with Gasteiger partial charge in [0, 0.05) is 0 Å². The molecule has 0 heterocycles. The fourth-order valence-corrected chi connectivity index (χ4v) is 8.64. The van der Waals surface area contributed by atoms with E-state index in [0.29, 0.717) is 0 Å². The van der Waals surface area contributed by atoms with E-state index in [1.165, 1.54) is 77.0 Å². The second kappa shape index (κ2) is 5.65. The van der Waals surface area contributed by atoms with Crippen molar-refractivity contribution in [2.24, 2.45) is 66.6 Å². The molecule has 0 N–H and O–H groups in total. The summed E-state index contributed by atoms with van der Waals surface area (Å²) < 4.78 is 0. The first-order chi connectivity index (χ1) is 12.7. The summed E-state index contributed by atoms with van der Waals surface area (Å²) in [5.74, 6) is 5.29. The normalized spacial score (nSPS) is 54.5. The van der Waals surface area contributed by atoms with E-state index in [0.717, 1.165) is 35.5 Å². The summed E-state index contributed by atoms with van der Waals surface area (Å²) in [4.78, 5) is 0. The Labute approximate surface area is 155 Å². The van der Waals surface area contributed by atoms with Gasteiger partial charge in [-0.05, 0) is 133 Å². The molecule has 6 nitrogen and oxygen atoms in total. The predicted octanol–water partition coefficient (Wildman–Crippen LogP) is 6.11. The third-order valence-corrected chi connectivity index (χ3v) is 8.65. The molecule has 8 aliphatic rings. The summed E-state index contributed by atoms with van der Waals surface area (Å²) in [7, 11) is 0. The van der Waals surface area contributed by atoms with Crippen LogP contribution in [0.15, 0.2) is 31.1 Å². The Balaban J connectivity index is 1.10. The molecule has 0 amide bonds. The molecule has 8 aliphatic carbocycles. The largest absolute Gasteiger partial charge is 0.161 e. The molecule has 26 heavy (non-hydrogen) atoms. The highest BCUT2D eigenvalue weighted by Gasteiger charge is 2.52. The zero-order valence-electron chi connectivity index (χ0n) is 15.6. The van der Waals surface area contributed by atoms with Crippen molar-refractivity contribution in [3.05, 3.63) is 0 Å². The Kier molecular flexibility index (Phi) is 3.44. The van der Waals surface area contributed by atoms with E-state index in [2.05, 4.69) is 31.1 Å². The van der Waals surface area contributed by atoms with Crippen LogP contribution < -0.4 is 0 Å². The van der Waals surface area contributed by atoms with Gasteiger partial charge in [0.25, 0.3) is 0 Å². The predicted molar refractivity (Wildman–Crippen MR) is 96.4 cm³/mol. The highest BCUT2D eigenvalue weighted by molar-refractivity contribution is 5.07. The first-order valence-electron chi connectivity index (χ1n) is 10.9. The van der Waals surface area contributed by atoms with E-state index in [9.17, 15) is 0 Å². The second-order valence-corrected chi connectivity index (χ2v) is 10.8. The molecule has 0 saturated heterocycles. The Morgan fingerprint density at radius 1 is 0.385 bits per heavy atom. The summed E-state index contributed by atoms with van der Waals surface area (Å²) in [6, 6.07) is 0. The average molecular weight is 355 g/mol. The van der Waals surface area contributed by atoms with Crippen LogP contribution in [0.5, 0.6) is 0 Å². The minimum absolute atomic E-state index is 0.0742. The first-order valence-corrected chi connectivity index (χ1v) is 10.9. The summed E-state index contributed by atoms with van der Waals surface area (Å²) in [5, 5.41) is 25.2. The highest BCUT2D eigenvalue weighted by atomic mass is 15.6. The third kappa shape index (κ3) is 2.66. The fraction of sp³-hybridized carbons (Fsp3) is 1.00. The fourth-order valence-electron chi connectivity index (χ4n) is 8.64. The van der Waals surface area contributed by atoms with Crippen molar-refractivity contribution in [1.29, 1.82) is 0 Å². The molecule has 8 saturated carbocycles. The molecule has 0 atom stereocenters. The zero-order valence-corrected chi connectivity index (χ0v) is 15.6. The van der Waals surface area contributed by atoms with E-state index in [1.807, 2.05) is 0 Å². The van der Waals surface area contributed by atoms with Crippen molar-refractivity contribution >= 4 is 0 Å². The van der Waals surface area contributed by atoms with Gasteiger partial charge in [-0.1, -0.05) is 0 Å². The van der Waals surface area contributed by atoms with Gasteiger partial charge in [0.05, 0.1) is 11.1 Å². The molecule has 8 bridgehead atoms. The molecular formula is C20H30N6. The van der Waals surface area contributed by atoms with Gasteiger partial charge in [-0.25, -0.2) is 0 Å². The molecular weight excluding hydrogens is 324 g/mol. The van der Waals surface area contributed by atoms with Crippen molar-refractivity contribution in [2.75, 3.05) is 0 Å². The molecule has 0 unspecified atom stereocenters. The lowest BCUT2D eigenvalue weighted by atomic mass is 9.53. The van der Waals surface area contributed by atoms with Crippen molar-refractivity contribution in [1.82, 2.24) is 0 Å². The SMILES string of the molecule is C1C2CC3CC1CC(N=N/N=N/N=NC14CC5CC(CC(C5)C1)C4)(C2)C3. The van der Waals surface area contributed by atoms with Crippen LogP contribution in [0.25, 0.3) is 0 Å². The number of hydrogen-bond donors (Lipinski definition) is 0. The number of rotatable bonds is 4. The topological polar surface area (TPSA) is 74.2 Å². The Hall–Kier alpha value is -1.20. The maximum absolute atomic E-state index is 4.64. The van der Waals surface area contributed by atoms with Crippen LogP contribution in [-0.4, -0.2) is 11.1 Å². The molecule has 0 radical (unpaired) electrons. The summed E-state index contributed by atoms with van der Waals surface area (Å²) >= 11 is 0. The summed E-state index contributed by atoms with van der Waals surface area (Å²) in [5.41, 5.74) is 0.148. The zero-order chi connectivity index (χ0) is 17.2. The van der Waals surface area contributed by atoms with Gasteiger partial charge in [-0.15, -0.1) is 0 Å². The Morgan fingerprint density at radius 2 is 0.654 bits per heavy atom. The minimum Gasteiger partial charge on any atom is -0.161 e. The second-order valence-electron chi connectivity index (χ2n) is 10.8. The molecule has 0 aromatic rings. The quantitative estimate of drug-likeness (QED) is 0.431. The maximum Gasteiger partial charge on any atom is 0.0846 e. The highest BCUT2D eigenvalue weighted by Crippen LogP contribution is 2.58. The van der Waals surface area contributed by atoms with Crippen LogP contribution in [0.4, 0.5) is 0 Å². The summed E-state index contributed by atoms with van der Waals surface area (Å²) in [6.07, 6.45) is 15.8. The van der Waals surface area contributed by atoms with Gasteiger partial charge >= 0.3 is 0 Å². The van der Waals surface area contributed by atoms with Gasteiger partial charge < -0.3 is 0 Å². The van der Waals surface area contributed by atoms with Crippen molar-refractivity contribution in [2.45, 2.75) is 88.1 Å². The van der Waals surface area contributed by atoms with Crippen LogP contribution in [0.1, 0.15) is 77.0 Å². The number of nitrogens with zero attached hydrogens (tertiary/aromatic N) is 6. The molecule has 0 aliphatic heterocycles. The lowest BCUT2D eigenvalue weighted by Crippen LogP contribution is -2.49. The molecule has 8 fully saturated rings. The van der Waals surface area contributed by atoms with Crippen molar-refractivity contribution in [3.8, 4) is 0 Å². The lowest BCUT2D eigenvalue weighted by Gasteiger charge is -2.54. The van der Waals surface area contributed by atoms with E-state index in [4.69, 9.17) is 0 Å². The van der Waals surface area contributed by atoms with E-state index in [-0.39, 0.29) is 11.1 Å². The van der Waals surface area contributed by atoms with Crippen LogP contribution in [0.3, 0.4) is 0 Å². The van der Waals surface area contributed by atoms with Gasteiger partial charge in [-0.2, -0.15) is 10.2 Å². The Morgan fingerprint density at radius 3 is 0.923 bits per heavy atom. The van der Waals surface area contributed by atoms with Gasteiger partial charge in [0.2, 0.25) is 0 Å².